The van der Waals surface area contributed by atoms with Crippen LogP contribution in [0.2, 0.25) is 0 Å². The Kier molecular flexibility index (Phi) is 19.2. The highest BCUT2D eigenvalue weighted by Gasteiger charge is 2.47. The summed E-state index contributed by atoms with van der Waals surface area (Å²) in [4.78, 5) is 12.2. The van der Waals surface area contributed by atoms with E-state index in [0.717, 1.165) is 6.92 Å². The van der Waals surface area contributed by atoms with Crippen LogP contribution in [-0.4, -0.2) is 217 Å². The molecule has 13 N–H and O–H groups in total. The minimum atomic E-state index is -1.89. The van der Waals surface area contributed by atoms with Crippen LogP contribution >= 0.6 is 0 Å². The molecule has 0 bridgehead atoms. The maximum absolute atomic E-state index is 12.2. The minimum absolute atomic E-state index is 0.633. The zero-order valence-electron chi connectivity index (χ0n) is 28.3. The number of carbonyl (C=O) groups excluding carboxylic acids is 1. The zero-order valence-corrected chi connectivity index (χ0v) is 28.3. The lowest BCUT2D eigenvalue weighted by molar-refractivity contribution is -0.318. The summed E-state index contributed by atoms with van der Waals surface area (Å²) in [5.41, 5.74) is 0. The van der Waals surface area contributed by atoms with E-state index < -0.39 is 156 Å². The summed E-state index contributed by atoms with van der Waals surface area (Å²) in [5.74, 6) is -0.677. The maximum Gasteiger partial charge on any atom is 0.217 e. The maximum atomic E-state index is 12.2. The van der Waals surface area contributed by atoms with E-state index in [1.54, 1.807) is 0 Å². The molecular formula is C29H55NO20. The molecular weight excluding hydrogens is 682 g/mol. The Bertz CT molecular complexity index is 962. The van der Waals surface area contributed by atoms with E-state index >= 15 is 0 Å². The van der Waals surface area contributed by atoms with Gasteiger partial charge in [0.25, 0.3) is 0 Å². The van der Waals surface area contributed by atoms with Crippen molar-refractivity contribution in [2.75, 3.05) is 39.6 Å². The Balaban J connectivity index is 2.36. The molecule has 2 rings (SSSR count). The Labute approximate surface area is 288 Å². The van der Waals surface area contributed by atoms with Crippen LogP contribution in [0.15, 0.2) is 0 Å². The van der Waals surface area contributed by atoms with Gasteiger partial charge in [0.1, 0.15) is 73.2 Å². The second-order valence-corrected chi connectivity index (χ2v) is 12.3. The number of hydrogen-bond acceptors (Lipinski definition) is 20. The summed E-state index contributed by atoms with van der Waals surface area (Å²) in [6.45, 7) is 0.666. The lowest BCUT2D eigenvalue weighted by Gasteiger charge is -2.43. The van der Waals surface area contributed by atoms with Crippen molar-refractivity contribution >= 4 is 5.91 Å². The van der Waals surface area contributed by atoms with Crippen molar-refractivity contribution in [3.8, 4) is 0 Å². The molecule has 0 aliphatic carbocycles. The number of aliphatic hydroxyl groups excluding tert-OH is 12. The normalized spacial score (nSPS) is 35.4. The first-order chi connectivity index (χ1) is 23.5. The summed E-state index contributed by atoms with van der Waals surface area (Å²) in [6, 6.07) is -1.38. The van der Waals surface area contributed by atoms with Crippen molar-refractivity contribution in [2.24, 2.45) is 0 Å². The van der Waals surface area contributed by atoms with Gasteiger partial charge in [0.05, 0.1) is 58.0 Å². The second kappa shape index (κ2) is 21.4. The largest absolute Gasteiger partial charge is 0.394 e. The zero-order chi connectivity index (χ0) is 37.9. The number of carbonyl (C=O) groups is 1. The SMILES string of the molecule is CC(=O)N[C@@H](COC1OC(CO)C(O)C(O)C1O)C(OC[C@H](O)C(OC1C(CO)OC(C)C(O)C1O)OC(CO)[C@@H](C)O)OC(CO)[C@@H](C)O. The average molecular weight is 738 g/mol. The van der Waals surface area contributed by atoms with Gasteiger partial charge in [-0.2, -0.15) is 0 Å². The van der Waals surface area contributed by atoms with Crippen molar-refractivity contribution < 1.29 is 99.2 Å². The Morgan fingerprint density at radius 2 is 1.30 bits per heavy atom. The van der Waals surface area contributed by atoms with Gasteiger partial charge in [-0.25, -0.2) is 0 Å². The summed E-state index contributed by atoms with van der Waals surface area (Å²) in [6.07, 6.45) is -25.9. The summed E-state index contributed by atoms with van der Waals surface area (Å²) in [5, 5.41) is 125. The monoisotopic (exact) mass is 737 g/mol. The van der Waals surface area contributed by atoms with Crippen LogP contribution in [0.1, 0.15) is 27.7 Å². The van der Waals surface area contributed by atoms with Crippen molar-refractivity contribution in [1.29, 1.82) is 0 Å². The van der Waals surface area contributed by atoms with Crippen molar-refractivity contribution in [3.63, 3.8) is 0 Å². The van der Waals surface area contributed by atoms with Gasteiger partial charge in [-0.1, -0.05) is 0 Å². The number of rotatable bonds is 21. The van der Waals surface area contributed by atoms with Crippen molar-refractivity contribution in [1.82, 2.24) is 5.32 Å². The van der Waals surface area contributed by atoms with Gasteiger partial charge in [0.2, 0.25) is 5.91 Å². The van der Waals surface area contributed by atoms with E-state index in [0.29, 0.717) is 0 Å². The van der Waals surface area contributed by atoms with Crippen LogP contribution < -0.4 is 5.32 Å². The molecule has 2 heterocycles. The molecule has 0 radical (unpaired) electrons. The molecule has 0 aromatic carbocycles. The molecule has 296 valence electrons. The van der Waals surface area contributed by atoms with E-state index in [4.69, 9.17) is 33.2 Å². The molecule has 0 aromatic heterocycles. The predicted molar refractivity (Wildman–Crippen MR) is 162 cm³/mol. The van der Waals surface area contributed by atoms with Crippen LogP contribution in [0.3, 0.4) is 0 Å². The van der Waals surface area contributed by atoms with Crippen LogP contribution in [0.5, 0.6) is 0 Å². The Hall–Kier alpha value is -1.29. The topological polar surface area (TPSA) is 336 Å². The number of amides is 1. The van der Waals surface area contributed by atoms with Gasteiger partial charge in [0.15, 0.2) is 18.9 Å². The molecule has 1 amide bonds. The van der Waals surface area contributed by atoms with Gasteiger partial charge >= 0.3 is 0 Å². The fraction of sp³-hybridized carbons (Fsp3) is 0.966. The molecule has 0 saturated carbocycles. The van der Waals surface area contributed by atoms with Crippen LogP contribution in [0.4, 0.5) is 0 Å². The molecule has 2 fully saturated rings. The van der Waals surface area contributed by atoms with E-state index in [9.17, 15) is 66.1 Å². The highest BCUT2D eigenvalue weighted by atomic mass is 16.7. The molecule has 18 atom stereocenters. The quantitative estimate of drug-likeness (QED) is 0.0487. The van der Waals surface area contributed by atoms with Gasteiger partial charge in [-0.3, -0.25) is 4.79 Å². The lowest BCUT2D eigenvalue weighted by atomic mass is 9.95. The number of nitrogens with one attached hydrogen (secondary N) is 1. The lowest BCUT2D eigenvalue weighted by Crippen LogP contribution is -2.61. The summed E-state index contributed by atoms with van der Waals surface area (Å²) >= 11 is 0. The molecule has 2 saturated heterocycles. The third kappa shape index (κ3) is 12.4. The van der Waals surface area contributed by atoms with Crippen molar-refractivity contribution in [2.45, 2.75) is 138 Å². The molecule has 14 unspecified atom stereocenters. The summed E-state index contributed by atoms with van der Waals surface area (Å²) in [7, 11) is 0. The van der Waals surface area contributed by atoms with E-state index in [1.807, 2.05) is 0 Å². The molecule has 21 nitrogen and oxygen atoms in total. The molecule has 50 heavy (non-hydrogen) atoms. The fourth-order valence-corrected chi connectivity index (χ4v) is 5.15. The highest BCUT2D eigenvalue weighted by molar-refractivity contribution is 5.73. The standard InChI is InChI=1S/C29H55NO20/c1-11(35)17(5-31)47-27(15(30-14(4)37)9-44-29-25(43)23(41)22(40)19(7-33)49-29)45-10-16(38)28(48-18(6-32)12(2)36)50-26-20(8-34)46-13(3)21(39)24(26)42/h11-13,15-29,31-36,38-43H,5-10H2,1-4H3,(H,30,37)/t11-,12-,13?,15+,16+,17?,18?,19?,20?,21?,22?,23?,24?,25?,26?,27?,28?,29?/m1/s1. The van der Waals surface area contributed by atoms with Gasteiger partial charge in [-0.15, -0.1) is 0 Å². The summed E-state index contributed by atoms with van der Waals surface area (Å²) < 4.78 is 39.2. The van der Waals surface area contributed by atoms with Crippen LogP contribution in [0.25, 0.3) is 0 Å². The highest BCUT2D eigenvalue weighted by Crippen LogP contribution is 2.27. The third-order valence-corrected chi connectivity index (χ3v) is 8.20. The molecule has 0 spiro atoms. The minimum Gasteiger partial charge on any atom is -0.394 e. The second-order valence-electron chi connectivity index (χ2n) is 12.3. The first-order valence-corrected chi connectivity index (χ1v) is 16.2. The molecule has 0 aromatic rings. The van der Waals surface area contributed by atoms with Crippen LogP contribution in [-0.2, 0) is 38.0 Å². The number of ether oxygens (including phenoxy) is 7. The number of hydrogen-bond donors (Lipinski definition) is 13. The van der Waals surface area contributed by atoms with E-state index in [-0.39, 0.29) is 0 Å². The van der Waals surface area contributed by atoms with Gasteiger partial charge in [0, 0.05) is 6.92 Å². The fourth-order valence-electron chi connectivity index (χ4n) is 5.15. The van der Waals surface area contributed by atoms with E-state index in [2.05, 4.69) is 5.32 Å². The first-order valence-electron chi connectivity index (χ1n) is 16.2. The first kappa shape index (κ1) is 44.9. The van der Waals surface area contributed by atoms with Gasteiger partial charge in [-0.05, 0) is 20.8 Å². The predicted octanol–water partition coefficient (Wildman–Crippen LogP) is -7.26. The van der Waals surface area contributed by atoms with E-state index in [1.165, 1.54) is 20.8 Å². The smallest absolute Gasteiger partial charge is 0.217 e. The van der Waals surface area contributed by atoms with Crippen molar-refractivity contribution in [3.05, 3.63) is 0 Å². The molecule has 21 heteroatoms. The number of aliphatic hydroxyl groups is 12. The molecule has 2 aliphatic rings. The Morgan fingerprint density at radius 3 is 1.80 bits per heavy atom. The molecule has 2 aliphatic heterocycles. The Morgan fingerprint density at radius 1 is 0.740 bits per heavy atom. The average Bonchev–Trinajstić information content (AvgIpc) is 3.07. The van der Waals surface area contributed by atoms with Crippen LogP contribution in [0, 0.1) is 0 Å². The third-order valence-electron chi connectivity index (χ3n) is 8.20. The van der Waals surface area contributed by atoms with Gasteiger partial charge < -0.3 is 99.8 Å².